The molecule has 3 aromatic rings. The first kappa shape index (κ1) is 15.2. The van der Waals surface area contributed by atoms with Crippen molar-refractivity contribution in [2.75, 3.05) is 0 Å². The third-order valence-corrected chi connectivity index (χ3v) is 5.57. The van der Waals surface area contributed by atoms with Crippen molar-refractivity contribution in [2.24, 2.45) is 0 Å². The summed E-state index contributed by atoms with van der Waals surface area (Å²) in [5.74, 6) is 0.592. The lowest BCUT2D eigenvalue weighted by Gasteiger charge is -2.15. The van der Waals surface area contributed by atoms with Crippen LogP contribution >= 0.6 is 10.9 Å². The van der Waals surface area contributed by atoms with E-state index in [0.717, 1.165) is 24.2 Å². The summed E-state index contributed by atoms with van der Waals surface area (Å²) in [6.07, 6.45) is 2.12. The highest BCUT2D eigenvalue weighted by Gasteiger charge is 2.25. The Morgan fingerprint density at radius 2 is 2.00 bits per heavy atom. The number of rotatable bonds is 3. The van der Waals surface area contributed by atoms with E-state index in [2.05, 4.69) is 30.4 Å². The molecular weight excluding hydrogens is 321 g/mol. The van der Waals surface area contributed by atoms with Crippen LogP contribution in [-0.2, 0) is 6.42 Å². The van der Waals surface area contributed by atoms with Crippen LogP contribution in [0.5, 0.6) is 11.6 Å². The van der Waals surface area contributed by atoms with E-state index < -0.39 is 10.9 Å². The van der Waals surface area contributed by atoms with Gasteiger partial charge in [-0.15, -0.1) is 0 Å². The number of aromatic hydroxyl groups is 1. The fourth-order valence-corrected chi connectivity index (χ4v) is 4.16. The van der Waals surface area contributed by atoms with Gasteiger partial charge in [0.15, 0.2) is 0 Å². The lowest BCUT2D eigenvalue weighted by Crippen LogP contribution is -2.10. The highest BCUT2D eigenvalue weighted by molar-refractivity contribution is 7.23. The summed E-state index contributed by atoms with van der Waals surface area (Å²) in [5.41, 5.74) is 4.77. The zero-order chi connectivity index (χ0) is 16.7. The van der Waals surface area contributed by atoms with Crippen LogP contribution in [0, 0.1) is 0 Å². The molecule has 0 amide bonds. The van der Waals surface area contributed by atoms with Gasteiger partial charge in [0.25, 0.3) is 5.88 Å². The predicted octanol–water partition coefficient (Wildman–Crippen LogP) is 2.51. The summed E-state index contributed by atoms with van der Waals surface area (Å²) >= 11 is 0. The Morgan fingerprint density at radius 1 is 1.21 bits per heavy atom. The lowest BCUT2D eigenvalue weighted by molar-refractivity contribution is 0.207. The van der Waals surface area contributed by atoms with Crippen molar-refractivity contribution in [3.8, 4) is 22.1 Å². The molecule has 4 rings (SSSR count). The van der Waals surface area contributed by atoms with E-state index in [-0.39, 0.29) is 12.0 Å². The summed E-state index contributed by atoms with van der Waals surface area (Å²) in [6, 6.07) is 15.2. The van der Waals surface area contributed by atoms with Gasteiger partial charge < -0.3 is 14.4 Å². The van der Waals surface area contributed by atoms with Crippen LogP contribution in [0.25, 0.3) is 10.4 Å². The number of aromatic nitrogens is 1. The minimum absolute atomic E-state index is 0.0814. The normalized spacial score (nSPS) is 16.9. The third kappa shape index (κ3) is 2.68. The number of ether oxygens (including phenoxy) is 1. The molecule has 0 saturated carbocycles. The molecule has 0 aliphatic heterocycles. The van der Waals surface area contributed by atoms with E-state index in [1.54, 1.807) is 0 Å². The molecule has 1 N–H and O–H groups in total. The monoisotopic (exact) mass is 337 g/mol. The Balaban J connectivity index is 1.55. The number of nitrogens with zero attached hydrogens (tertiary/aromatic N) is 1. The van der Waals surface area contributed by atoms with Crippen LogP contribution in [0.15, 0.2) is 48.5 Å². The summed E-state index contributed by atoms with van der Waals surface area (Å²) in [5, 5.41) is 9.35. The van der Waals surface area contributed by atoms with Gasteiger partial charge in [-0.3, -0.25) is 0 Å². The van der Waals surface area contributed by atoms with Crippen molar-refractivity contribution >= 4 is 24.3 Å². The number of hydrogen-bond donors (Lipinski definition) is 1. The highest BCUT2D eigenvalue weighted by Crippen LogP contribution is 2.37. The van der Waals surface area contributed by atoms with Crippen molar-refractivity contribution in [2.45, 2.75) is 18.9 Å². The van der Waals surface area contributed by atoms with Crippen molar-refractivity contribution in [1.29, 1.82) is 0 Å². The summed E-state index contributed by atoms with van der Waals surface area (Å²) in [7, 11) is 0.615. The second-order valence-corrected chi connectivity index (χ2v) is 7.14. The van der Waals surface area contributed by atoms with Gasteiger partial charge in [0.05, 0.1) is 17.0 Å². The fourth-order valence-electron chi connectivity index (χ4n) is 3.30. The largest absolute Gasteiger partial charge is 0.568 e. The van der Waals surface area contributed by atoms with E-state index in [1.807, 2.05) is 24.3 Å². The molecule has 0 bridgehead atoms. The second kappa shape index (κ2) is 5.96. The summed E-state index contributed by atoms with van der Waals surface area (Å²) in [4.78, 5) is 0.515. The van der Waals surface area contributed by atoms with Gasteiger partial charge in [-0.25, -0.2) is 0 Å². The first-order chi connectivity index (χ1) is 11.6. The second-order valence-electron chi connectivity index (χ2n) is 6.02. The maximum absolute atomic E-state index is 11.8. The zero-order valence-electron chi connectivity index (χ0n) is 13.2. The molecule has 1 heterocycles. The molecule has 1 aromatic heterocycles. The van der Waals surface area contributed by atoms with Crippen LogP contribution in [0.3, 0.4) is 0 Å². The molecule has 0 spiro atoms. The lowest BCUT2D eigenvalue weighted by atomic mass is 9.88. The van der Waals surface area contributed by atoms with Crippen molar-refractivity contribution < 1.29 is 14.4 Å². The zero-order valence-corrected chi connectivity index (χ0v) is 14.0. The van der Waals surface area contributed by atoms with Gasteiger partial charge in [-0.1, -0.05) is 23.7 Å². The molecular formula is C18H16BNO3S. The maximum atomic E-state index is 11.8. The Kier molecular flexibility index (Phi) is 3.78. The highest BCUT2D eigenvalue weighted by atomic mass is 32.2. The molecule has 0 fully saturated rings. The SMILES string of the molecule is Bc1cccc2c1CC[C@H]2Oc1ccc(-c2cc(O)n[s+]2[O-])cc1. The van der Waals surface area contributed by atoms with E-state index in [1.165, 1.54) is 22.7 Å². The quantitative estimate of drug-likeness (QED) is 0.589. The molecule has 2 aromatic carbocycles. The van der Waals surface area contributed by atoms with E-state index >= 15 is 0 Å². The van der Waals surface area contributed by atoms with Gasteiger partial charge in [0.2, 0.25) is 4.88 Å². The van der Waals surface area contributed by atoms with Crippen LogP contribution in [0.2, 0.25) is 0 Å². The Morgan fingerprint density at radius 3 is 2.71 bits per heavy atom. The van der Waals surface area contributed by atoms with Crippen molar-refractivity contribution in [3.63, 3.8) is 0 Å². The molecule has 0 radical (unpaired) electrons. The fraction of sp³-hybridized carbons (Fsp3) is 0.167. The van der Waals surface area contributed by atoms with Gasteiger partial charge in [0.1, 0.15) is 19.7 Å². The molecule has 4 nitrogen and oxygen atoms in total. The Hall–Kier alpha value is -2.31. The van der Waals surface area contributed by atoms with Gasteiger partial charge in [-0.05, 0) is 48.2 Å². The molecule has 1 aliphatic rings. The average Bonchev–Trinajstić information content (AvgIpc) is 3.12. The van der Waals surface area contributed by atoms with E-state index in [9.17, 15) is 9.66 Å². The predicted molar refractivity (Wildman–Crippen MR) is 96.3 cm³/mol. The maximum Gasteiger partial charge on any atom is 0.270 e. The van der Waals surface area contributed by atoms with Crippen LogP contribution < -0.4 is 10.2 Å². The van der Waals surface area contributed by atoms with Crippen LogP contribution in [0.4, 0.5) is 0 Å². The molecule has 1 unspecified atom stereocenters. The first-order valence-electron chi connectivity index (χ1n) is 7.88. The molecule has 1 aliphatic carbocycles. The van der Waals surface area contributed by atoms with Crippen molar-refractivity contribution in [3.05, 3.63) is 59.7 Å². The van der Waals surface area contributed by atoms with Crippen molar-refractivity contribution in [1.82, 2.24) is 4.37 Å². The number of benzene rings is 2. The molecule has 24 heavy (non-hydrogen) atoms. The van der Waals surface area contributed by atoms with Gasteiger partial charge in [-0.2, -0.15) is 0 Å². The first-order valence-corrected chi connectivity index (χ1v) is 8.99. The molecule has 120 valence electrons. The molecule has 0 saturated heterocycles. The third-order valence-electron chi connectivity index (χ3n) is 4.49. The Labute approximate surface area is 144 Å². The van der Waals surface area contributed by atoms with Gasteiger partial charge >= 0.3 is 0 Å². The van der Waals surface area contributed by atoms with Crippen LogP contribution in [0.1, 0.15) is 23.7 Å². The van der Waals surface area contributed by atoms with E-state index in [0.29, 0.717) is 4.88 Å². The van der Waals surface area contributed by atoms with Gasteiger partial charge in [0, 0.05) is 9.94 Å². The minimum atomic E-state index is -1.53. The number of hydrogen-bond acceptors (Lipinski definition) is 4. The minimum Gasteiger partial charge on any atom is -0.568 e. The van der Waals surface area contributed by atoms with E-state index in [4.69, 9.17) is 4.74 Å². The Bertz CT molecular complexity index is 892. The average molecular weight is 337 g/mol. The summed E-state index contributed by atoms with van der Waals surface area (Å²) < 4.78 is 21.5. The topological polar surface area (TPSA) is 65.4 Å². The summed E-state index contributed by atoms with van der Waals surface area (Å²) in [6.45, 7) is 0. The number of fused-ring (bicyclic) bond motifs is 1. The van der Waals surface area contributed by atoms with Crippen LogP contribution in [-0.4, -0.2) is 21.9 Å². The molecule has 2 atom stereocenters. The standard InChI is InChI=1S/C18H16BNO3S/c19-15-3-1-2-14-13(15)8-9-16(14)23-12-6-4-11(5-7-12)17-10-18(21)20-24(17)22/h1-7,10,16H,8-9,19H2,(H,20,21)/t16-,24?/m1/s1. The smallest absolute Gasteiger partial charge is 0.270 e. The molecule has 6 heteroatoms.